The van der Waals surface area contributed by atoms with Gasteiger partial charge in [-0.25, -0.2) is 0 Å². The monoisotopic (exact) mass is 339 g/mol. The SMILES string of the molecule is CC(=O)c1ccc(OCCCC(=O)NCCCc2ccccc2)cc1. The van der Waals surface area contributed by atoms with Gasteiger partial charge in [-0.3, -0.25) is 9.59 Å². The molecule has 0 heterocycles. The lowest BCUT2D eigenvalue weighted by molar-refractivity contribution is -0.121. The van der Waals surface area contributed by atoms with E-state index in [9.17, 15) is 9.59 Å². The molecule has 0 radical (unpaired) electrons. The molecule has 2 aromatic carbocycles. The Bertz CT molecular complexity index is 665. The van der Waals surface area contributed by atoms with Crippen LogP contribution >= 0.6 is 0 Å². The van der Waals surface area contributed by atoms with Crippen molar-refractivity contribution in [2.45, 2.75) is 32.6 Å². The largest absolute Gasteiger partial charge is 0.494 e. The van der Waals surface area contributed by atoms with Crippen molar-refractivity contribution in [3.63, 3.8) is 0 Å². The van der Waals surface area contributed by atoms with Crippen molar-refractivity contribution in [2.24, 2.45) is 0 Å². The molecule has 0 atom stereocenters. The molecule has 0 aliphatic rings. The Hall–Kier alpha value is -2.62. The first kappa shape index (κ1) is 18.7. The van der Waals surface area contributed by atoms with Crippen molar-refractivity contribution in [3.8, 4) is 5.75 Å². The summed E-state index contributed by atoms with van der Waals surface area (Å²) >= 11 is 0. The number of carbonyl (C=O) groups is 2. The molecule has 0 spiro atoms. The molecule has 0 unspecified atom stereocenters. The molecule has 0 saturated carbocycles. The van der Waals surface area contributed by atoms with Crippen molar-refractivity contribution in [1.82, 2.24) is 5.32 Å². The molecule has 0 fully saturated rings. The number of ketones is 1. The van der Waals surface area contributed by atoms with Crippen LogP contribution in [0.1, 0.15) is 42.1 Å². The fourth-order valence-corrected chi connectivity index (χ4v) is 2.46. The van der Waals surface area contributed by atoms with Crippen LogP contribution in [0.25, 0.3) is 0 Å². The lowest BCUT2D eigenvalue weighted by Gasteiger charge is -2.07. The highest BCUT2D eigenvalue weighted by molar-refractivity contribution is 5.94. The second-order valence-corrected chi connectivity index (χ2v) is 5.97. The van der Waals surface area contributed by atoms with Gasteiger partial charge >= 0.3 is 0 Å². The van der Waals surface area contributed by atoms with Crippen molar-refractivity contribution in [2.75, 3.05) is 13.2 Å². The number of ether oxygens (including phenoxy) is 1. The predicted octanol–water partition coefficient (Wildman–Crippen LogP) is 3.80. The molecule has 4 heteroatoms. The normalized spacial score (nSPS) is 10.3. The Kier molecular flexibility index (Phi) is 7.70. The van der Waals surface area contributed by atoms with Gasteiger partial charge in [0.25, 0.3) is 0 Å². The number of aryl methyl sites for hydroxylation is 1. The highest BCUT2D eigenvalue weighted by Gasteiger charge is 2.02. The highest BCUT2D eigenvalue weighted by atomic mass is 16.5. The van der Waals surface area contributed by atoms with E-state index in [2.05, 4.69) is 17.4 Å². The van der Waals surface area contributed by atoms with Gasteiger partial charge in [-0.2, -0.15) is 0 Å². The fourth-order valence-electron chi connectivity index (χ4n) is 2.46. The van der Waals surface area contributed by atoms with E-state index in [1.807, 2.05) is 18.2 Å². The van der Waals surface area contributed by atoms with E-state index >= 15 is 0 Å². The molecule has 0 aliphatic heterocycles. The third kappa shape index (κ3) is 7.21. The van der Waals surface area contributed by atoms with Gasteiger partial charge in [0, 0.05) is 18.5 Å². The summed E-state index contributed by atoms with van der Waals surface area (Å²) in [6, 6.07) is 17.3. The van der Waals surface area contributed by atoms with Crippen LogP contribution in [0.4, 0.5) is 0 Å². The average molecular weight is 339 g/mol. The van der Waals surface area contributed by atoms with E-state index in [1.54, 1.807) is 24.3 Å². The van der Waals surface area contributed by atoms with Crippen LogP contribution in [0.15, 0.2) is 54.6 Å². The maximum absolute atomic E-state index is 11.8. The van der Waals surface area contributed by atoms with Crippen molar-refractivity contribution < 1.29 is 14.3 Å². The molecular formula is C21H25NO3. The molecule has 0 saturated heterocycles. The van der Waals surface area contributed by atoms with Crippen LogP contribution in [0.5, 0.6) is 5.75 Å². The van der Waals surface area contributed by atoms with Crippen LogP contribution in [0.2, 0.25) is 0 Å². The molecule has 2 rings (SSSR count). The minimum Gasteiger partial charge on any atom is -0.494 e. The van der Waals surface area contributed by atoms with Gasteiger partial charge in [0.05, 0.1) is 6.61 Å². The van der Waals surface area contributed by atoms with Crippen molar-refractivity contribution >= 4 is 11.7 Å². The van der Waals surface area contributed by atoms with Crippen LogP contribution in [0, 0.1) is 0 Å². The molecule has 25 heavy (non-hydrogen) atoms. The standard InChI is InChI=1S/C21H25NO3/c1-17(23)19-11-13-20(14-12-19)25-16-6-10-21(24)22-15-5-9-18-7-3-2-4-8-18/h2-4,7-8,11-14H,5-6,9-10,15-16H2,1H3,(H,22,24). The number of Topliss-reactive ketones (excluding diaryl/α,β-unsaturated/α-hetero) is 1. The Balaban J connectivity index is 1.54. The summed E-state index contributed by atoms with van der Waals surface area (Å²) in [7, 11) is 0. The number of hydrogen-bond acceptors (Lipinski definition) is 3. The maximum atomic E-state index is 11.8. The van der Waals surface area contributed by atoms with E-state index in [4.69, 9.17) is 4.74 Å². The molecule has 132 valence electrons. The van der Waals surface area contributed by atoms with Crippen molar-refractivity contribution in [3.05, 3.63) is 65.7 Å². The zero-order valence-corrected chi connectivity index (χ0v) is 14.7. The van der Waals surface area contributed by atoms with Crippen LogP contribution in [-0.4, -0.2) is 24.8 Å². The second kappa shape index (κ2) is 10.3. The van der Waals surface area contributed by atoms with Gasteiger partial charge in [-0.15, -0.1) is 0 Å². The minimum absolute atomic E-state index is 0.0375. The molecule has 0 aliphatic carbocycles. The number of benzene rings is 2. The maximum Gasteiger partial charge on any atom is 0.220 e. The Morgan fingerprint density at radius 3 is 2.36 bits per heavy atom. The number of hydrogen-bond donors (Lipinski definition) is 1. The van der Waals surface area contributed by atoms with E-state index in [0.29, 0.717) is 37.3 Å². The number of nitrogens with one attached hydrogen (secondary N) is 1. The summed E-state index contributed by atoms with van der Waals surface area (Å²) in [5, 5.41) is 2.94. The smallest absolute Gasteiger partial charge is 0.220 e. The molecule has 1 N–H and O–H groups in total. The molecular weight excluding hydrogens is 314 g/mol. The number of amides is 1. The fraction of sp³-hybridized carbons (Fsp3) is 0.333. The van der Waals surface area contributed by atoms with Crippen LogP contribution in [-0.2, 0) is 11.2 Å². The third-order valence-corrected chi connectivity index (χ3v) is 3.88. The van der Waals surface area contributed by atoms with E-state index < -0.39 is 0 Å². The Labute approximate surface area is 149 Å². The number of carbonyl (C=O) groups excluding carboxylic acids is 2. The van der Waals surface area contributed by atoms with Gasteiger partial charge in [0.2, 0.25) is 5.91 Å². The first-order valence-corrected chi connectivity index (χ1v) is 8.69. The van der Waals surface area contributed by atoms with Crippen LogP contribution in [0.3, 0.4) is 0 Å². The van der Waals surface area contributed by atoms with Gasteiger partial charge in [0.15, 0.2) is 5.78 Å². The van der Waals surface area contributed by atoms with E-state index in [-0.39, 0.29) is 11.7 Å². The van der Waals surface area contributed by atoms with Crippen molar-refractivity contribution in [1.29, 1.82) is 0 Å². The molecule has 0 aromatic heterocycles. The molecule has 0 bridgehead atoms. The first-order valence-electron chi connectivity index (χ1n) is 8.69. The topological polar surface area (TPSA) is 55.4 Å². The number of rotatable bonds is 10. The summed E-state index contributed by atoms with van der Waals surface area (Å²) in [6.45, 7) is 2.71. The van der Waals surface area contributed by atoms with Crippen LogP contribution < -0.4 is 10.1 Å². The first-order chi connectivity index (χ1) is 12.1. The highest BCUT2D eigenvalue weighted by Crippen LogP contribution is 2.13. The Morgan fingerprint density at radius 1 is 0.960 bits per heavy atom. The minimum atomic E-state index is 0.0375. The van der Waals surface area contributed by atoms with Gasteiger partial charge in [0.1, 0.15) is 5.75 Å². The van der Waals surface area contributed by atoms with E-state index in [1.165, 1.54) is 12.5 Å². The summed E-state index contributed by atoms with van der Waals surface area (Å²) in [4.78, 5) is 23.0. The Morgan fingerprint density at radius 2 is 1.68 bits per heavy atom. The summed E-state index contributed by atoms with van der Waals surface area (Å²) in [5.41, 5.74) is 1.96. The second-order valence-electron chi connectivity index (χ2n) is 5.97. The quantitative estimate of drug-likeness (QED) is 0.529. The van der Waals surface area contributed by atoms with E-state index in [0.717, 1.165) is 12.8 Å². The predicted molar refractivity (Wildman–Crippen MR) is 98.9 cm³/mol. The summed E-state index contributed by atoms with van der Waals surface area (Å²) in [5.74, 6) is 0.812. The molecule has 2 aromatic rings. The third-order valence-electron chi connectivity index (χ3n) is 3.88. The van der Waals surface area contributed by atoms with Gasteiger partial charge < -0.3 is 10.1 Å². The van der Waals surface area contributed by atoms with Gasteiger partial charge in [-0.1, -0.05) is 30.3 Å². The summed E-state index contributed by atoms with van der Waals surface area (Å²) < 4.78 is 5.58. The average Bonchev–Trinajstić information content (AvgIpc) is 2.63. The zero-order valence-electron chi connectivity index (χ0n) is 14.7. The lowest BCUT2D eigenvalue weighted by atomic mass is 10.1. The van der Waals surface area contributed by atoms with Gasteiger partial charge in [-0.05, 0) is 56.0 Å². The molecule has 1 amide bonds. The lowest BCUT2D eigenvalue weighted by Crippen LogP contribution is -2.24. The summed E-state index contributed by atoms with van der Waals surface area (Å²) in [6.07, 6.45) is 3.03. The zero-order chi connectivity index (χ0) is 17.9. The molecule has 4 nitrogen and oxygen atoms in total.